The van der Waals surface area contributed by atoms with Crippen LogP contribution in [0.25, 0.3) is 10.9 Å². The second kappa shape index (κ2) is 7.84. The topological polar surface area (TPSA) is 63.1 Å². The van der Waals surface area contributed by atoms with Crippen LogP contribution in [0.15, 0.2) is 30.5 Å². The van der Waals surface area contributed by atoms with E-state index in [9.17, 15) is 9.59 Å². The molecule has 2 aromatic rings. The van der Waals surface area contributed by atoms with Crippen molar-refractivity contribution >= 4 is 34.3 Å². The van der Waals surface area contributed by atoms with Gasteiger partial charge in [-0.2, -0.15) is 0 Å². The molecule has 0 spiro atoms. The molecule has 6 heteroatoms. The molecule has 1 heterocycles. The molecule has 2 amide bonds. The van der Waals surface area contributed by atoms with Gasteiger partial charge >= 0.3 is 0 Å². The molecule has 0 bridgehead atoms. The summed E-state index contributed by atoms with van der Waals surface area (Å²) in [6.45, 7) is 3.22. The fraction of sp³-hybridized carbons (Fsp3) is 0.375. The fourth-order valence-electron chi connectivity index (χ4n) is 2.17. The number of rotatable bonds is 7. The van der Waals surface area contributed by atoms with Crippen molar-refractivity contribution in [3.05, 3.63) is 35.5 Å². The van der Waals surface area contributed by atoms with E-state index in [2.05, 4.69) is 10.6 Å². The highest BCUT2D eigenvalue weighted by atomic mass is 35.5. The number of hydrogen-bond donors (Lipinski definition) is 2. The minimum absolute atomic E-state index is 0.0413. The highest BCUT2D eigenvalue weighted by Gasteiger charge is 2.07. The molecular formula is C16H20ClN3O2. The maximum Gasteiger partial charge on any atom is 0.239 e. The van der Waals surface area contributed by atoms with Crippen molar-refractivity contribution in [3.63, 3.8) is 0 Å². The first-order valence-electron chi connectivity index (χ1n) is 7.38. The Morgan fingerprint density at radius 1 is 1.14 bits per heavy atom. The van der Waals surface area contributed by atoms with Crippen molar-refractivity contribution in [3.8, 4) is 0 Å². The zero-order valence-corrected chi connectivity index (χ0v) is 13.3. The van der Waals surface area contributed by atoms with Crippen LogP contribution >= 0.6 is 11.6 Å². The van der Waals surface area contributed by atoms with Gasteiger partial charge in [-0.15, -0.1) is 0 Å². The Hall–Kier alpha value is -2.01. The van der Waals surface area contributed by atoms with Gasteiger partial charge < -0.3 is 15.2 Å². The zero-order chi connectivity index (χ0) is 15.9. The molecule has 2 rings (SSSR count). The molecule has 0 aliphatic heterocycles. The number of halogens is 1. The smallest absolute Gasteiger partial charge is 0.239 e. The van der Waals surface area contributed by atoms with E-state index in [0.717, 1.165) is 17.3 Å². The maximum absolute atomic E-state index is 11.9. The number of carbonyl (C=O) groups excluding carboxylic acids is 2. The number of nitrogens with one attached hydrogen (secondary N) is 2. The molecule has 0 radical (unpaired) electrons. The van der Waals surface area contributed by atoms with Crippen molar-refractivity contribution < 1.29 is 9.59 Å². The number of hydrogen-bond acceptors (Lipinski definition) is 2. The monoisotopic (exact) mass is 321 g/mol. The van der Waals surface area contributed by atoms with Crippen molar-refractivity contribution in [2.45, 2.75) is 26.3 Å². The fourth-order valence-corrected chi connectivity index (χ4v) is 2.34. The van der Waals surface area contributed by atoms with Gasteiger partial charge in [0.2, 0.25) is 11.8 Å². The minimum Gasteiger partial charge on any atom is -0.356 e. The lowest BCUT2D eigenvalue weighted by Crippen LogP contribution is -2.32. The number of amides is 2. The van der Waals surface area contributed by atoms with E-state index in [-0.39, 0.29) is 18.4 Å². The molecule has 2 N–H and O–H groups in total. The average molecular weight is 322 g/mol. The predicted octanol–water partition coefficient (Wildman–Crippen LogP) is 2.33. The maximum atomic E-state index is 11.9. The highest BCUT2D eigenvalue weighted by molar-refractivity contribution is 6.31. The largest absolute Gasteiger partial charge is 0.356 e. The molecule has 0 aliphatic rings. The first-order valence-corrected chi connectivity index (χ1v) is 7.75. The quantitative estimate of drug-likeness (QED) is 0.822. The third-order valence-corrected chi connectivity index (χ3v) is 3.53. The van der Waals surface area contributed by atoms with Crippen LogP contribution < -0.4 is 10.6 Å². The van der Waals surface area contributed by atoms with E-state index >= 15 is 0 Å². The number of aromatic nitrogens is 1. The Morgan fingerprint density at radius 3 is 2.68 bits per heavy atom. The van der Waals surface area contributed by atoms with Gasteiger partial charge in [-0.05, 0) is 30.0 Å². The predicted molar refractivity (Wildman–Crippen MR) is 87.9 cm³/mol. The van der Waals surface area contributed by atoms with Crippen molar-refractivity contribution in [1.82, 2.24) is 15.2 Å². The molecule has 0 unspecified atom stereocenters. The Labute approximate surface area is 134 Å². The first kappa shape index (κ1) is 16.4. The number of fused-ring (bicyclic) bond motifs is 1. The van der Waals surface area contributed by atoms with E-state index in [4.69, 9.17) is 11.6 Å². The Bertz CT molecular complexity index is 666. The SMILES string of the molecule is CCCNC(=O)CCNC(=O)Cn1ccc2ccc(Cl)cc21. The van der Waals surface area contributed by atoms with Crippen molar-refractivity contribution in [2.75, 3.05) is 13.1 Å². The normalized spacial score (nSPS) is 10.6. The van der Waals surface area contributed by atoms with Crippen LogP contribution in [0.4, 0.5) is 0 Å². The molecule has 118 valence electrons. The molecule has 22 heavy (non-hydrogen) atoms. The van der Waals surface area contributed by atoms with E-state index in [1.54, 1.807) is 0 Å². The van der Waals surface area contributed by atoms with Crippen molar-refractivity contribution in [2.24, 2.45) is 0 Å². The van der Waals surface area contributed by atoms with Crippen LogP contribution in [0.5, 0.6) is 0 Å². The molecule has 0 saturated heterocycles. The van der Waals surface area contributed by atoms with Crippen LogP contribution in [0, 0.1) is 0 Å². The zero-order valence-electron chi connectivity index (χ0n) is 12.6. The Balaban J connectivity index is 1.84. The molecule has 5 nitrogen and oxygen atoms in total. The average Bonchev–Trinajstić information content (AvgIpc) is 2.87. The summed E-state index contributed by atoms with van der Waals surface area (Å²) in [6, 6.07) is 7.52. The van der Waals surface area contributed by atoms with E-state index in [0.29, 0.717) is 24.5 Å². The van der Waals surface area contributed by atoms with Crippen molar-refractivity contribution in [1.29, 1.82) is 0 Å². The summed E-state index contributed by atoms with van der Waals surface area (Å²) in [5.74, 6) is -0.166. The van der Waals surface area contributed by atoms with E-state index in [1.807, 2.05) is 42.0 Å². The van der Waals surface area contributed by atoms with Gasteiger partial charge in [0.15, 0.2) is 0 Å². The number of nitrogens with zero attached hydrogens (tertiary/aromatic N) is 1. The van der Waals surface area contributed by atoms with Gasteiger partial charge in [0.25, 0.3) is 0 Å². The standard InChI is InChI=1S/C16H20ClN3O2/c1-2-7-18-15(21)5-8-19-16(22)11-20-9-6-12-3-4-13(17)10-14(12)20/h3-4,6,9-10H,2,5,7-8,11H2,1H3,(H,18,21)(H,19,22). The molecular weight excluding hydrogens is 302 g/mol. The molecule has 1 aromatic heterocycles. The van der Waals surface area contributed by atoms with Gasteiger partial charge in [0.1, 0.15) is 6.54 Å². The Morgan fingerprint density at radius 2 is 1.91 bits per heavy atom. The van der Waals surface area contributed by atoms with Gasteiger partial charge in [-0.3, -0.25) is 9.59 Å². The lowest BCUT2D eigenvalue weighted by molar-refractivity contribution is -0.122. The molecule has 0 saturated carbocycles. The molecule has 1 aromatic carbocycles. The minimum atomic E-state index is -0.124. The lowest BCUT2D eigenvalue weighted by Gasteiger charge is -2.08. The highest BCUT2D eigenvalue weighted by Crippen LogP contribution is 2.20. The molecule has 0 fully saturated rings. The van der Waals surface area contributed by atoms with Crippen LogP contribution in [-0.4, -0.2) is 29.5 Å². The van der Waals surface area contributed by atoms with E-state index < -0.39 is 0 Å². The van der Waals surface area contributed by atoms with Crippen LogP contribution in [0.3, 0.4) is 0 Å². The molecule has 0 aliphatic carbocycles. The summed E-state index contributed by atoms with van der Waals surface area (Å²) >= 11 is 5.99. The number of carbonyl (C=O) groups is 2. The van der Waals surface area contributed by atoms with E-state index in [1.165, 1.54) is 0 Å². The third kappa shape index (κ3) is 4.49. The summed E-state index contributed by atoms with van der Waals surface area (Å²) in [4.78, 5) is 23.4. The van der Waals surface area contributed by atoms with Crippen LogP contribution in [-0.2, 0) is 16.1 Å². The van der Waals surface area contributed by atoms with Crippen LogP contribution in [0.2, 0.25) is 5.02 Å². The second-order valence-electron chi connectivity index (χ2n) is 5.10. The first-order chi connectivity index (χ1) is 10.6. The summed E-state index contributed by atoms with van der Waals surface area (Å²) in [5, 5.41) is 7.20. The van der Waals surface area contributed by atoms with Gasteiger partial charge in [-0.25, -0.2) is 0 Å². The van der Waals surface area contributed by atoms with Gasteiger partial charge in [0, 0.05) is 36.2 Å². The summed E-state index contributed by atoms with van der Waals surface area (Å²) in [6.07, 6.45) is 3.06. The van der Waals surface area contributed by atoms with Crippen LogP contribution in [0.1, 0.15) is 19.8 Å². The number of benzene rings is 1. The molecule has 0 atom stereocenters. The Kier molecular flexibility index (Phi) is 5.83. The van der Waals surface area contributed by atoms with Gasteiger partial charge in [0.05, 0.1) is 0 Å². The lowest BCUT2D eigenvalue weighted by atomic mass is 10.2. The van der Waals surface area contributed by atoms with Gasteiger partial charge in [-0.1, -0.05) is 24.6 Å². The summed E-state index contributed by atoms with van der Waals surface area (Å²) in [5.41, 5.74) is 0.920. The third-order valence-electron chi connectivity index (χ3n) is 3.30. The summed E-state index contributed by atoms with van der Waals surface area (Å²) < 4.78 is 1.84. The summed E-state index contributed by atoms with van der Waals surface area (Å²) in [7, 11) is 0. The second-order valence-corrected chi connectivity index (χ2v) is 5.53.